The summed E-state index contributed by atoms with van der Waals surface area (Å²) in [5, 5.41) is 0. The number of imide groups is 2. The molecule has 1 aliphatic rings. The van der Waals surface area contributed by atoms with Gasteiger partial charge in [0.25, 0.3) is 0 Å². The van der Waals surface area contributed by atoms with Crippen molar-refractivity contribution in [3.05, 3.63) is 0 Å². The van der Waals surface area contributed by atoms with Crippen LogP contribution in [0, 0.1) is 5.92 Å². The summed E-state index contributed by atoms with van der Waals surface area (Å²) in [6.07, 6.45) is 0.510. The van der Waals surface area contributed by atoms with Gasteiger partial charge in [0.15, 0.2) is 5.92 Å². The minimum Gasteiger partial charge on any atom is -0.302 e. The molecule has 0 spiro atoms. The maximum absolute atomic E-state index is 12.3. The smallest absolute Gasteiger partial charge is 0.302 e. The molecule has 22 heavy (non-hydrogen) atoms. The Morgan fingerprint density at radius 2 is 1.55 bits per heavy atom. The van der Waals surface area contributed by atoms with Crippen molar-refractivity contribution in [3.8, 4) is 0 Å². The van der Waals surface area contributed by atoms with Crippen LogP contribution in [-0.4, -0.2) is 78.5 Å². The van der Waals surface area contributed by atoms with Crippen molar-refractivity contribution in [2.24, 2.45) is 10.9 Å². The Balaban J connectivity index is 2.90. The largest absolute Gasteiger partial charge is 0.332 e. The first-order valence-electron chi connectivity index (χ1n) is 7.73. The van der Waals surface area contributed by atoms with E-state index in [0.29, 0.717) is 18.7 Å². The summed E-state index contributed by atoms with van der Waals surface area (Å²) in [5.74, 6) is -1.94. The molecule has 0 atom stereocenters. The van der Waals surface area contributed by atoms with Gasteiger partial charge in [-0.2, -0.15) is 0 Å². The fourth-order valence-corrected chi connectivity index (χ4v) is 2.47. The van der Waals surface area contributed by atoms with Gasteiger partial charge in [-0.3, -0.25) is 24.4 Å². The zero-order valence-corrected chi connectivity index (χ0v) is 14.1. The average molecular weight is 310 g/mol. The lowest BCUT2D eigenvalue weighted by Gasteiger charge is -2.33. The standard InChI is InChI=1S/C15H26N4O3/c1-6-11(16-9-10-19(7-2)8-3)12-13(20)17(4)15(22)18(5)14(12)21/h12H,6-10H2,1-5H3. The predicted octanol–water partition coefficient (Wildman–Crippen LogP) is 0.846. The summed E-state index contributed by atoms with van der Waals surface area (Å²) >= 11 is 0. The third-order valence-corrected chi connectivity index (χ3v) is 4.05. The molecule has 1 aliphatic heterocycles. The van der Waals surface area contributed by atoms with Crippen LogP contribution in [0.15, 0.2) is 4.99 Å². The molecular weight excluding hydrogens is 284 g/mol. The fraction of sp³-hybridized carbons (Fsp3) is 0.733. The number of rotatable bonds is 7. The molecule has 0 saturated carbocycles. The lowest BCUT2D eigenvalue weighted by atomic mass is 9.96. The van der Waals surface area contributed by atoms with Crippen LogP contribution in [0.5, 0.6) is 0 Å². The molecule has 1 rings (SSSR count). The summed E-state index contributed by atoms with van der Waals surface area (Å²) in [6.45, 7) is 9.24. The quantitative estimate of drug-likeness (QED) is 0.516. The normalized spacial score (nSPS) is 17.9. The summed E-state index contributed by atoms with van der Waals surface area (Å²) in [4.78, 5) is 44.9. The zero-order valence-electron chi connectivity index (χ0n) is 14.1. The Labute approximate surface area is 132 Å². The highest BCUT2D eigenvalue weighted by molar-refractivity contribution is 6.27. The van der Waals surface area contributed by atoms with Crippen LogP contribution in [-0.2, 0) is 9.59 Å². The molecule has 0 aromatic rings. The summed E-state index contributed by atoms with van der Waals surface area (Å²) in [5.41, 5.74) is 0.549. The van der Waals surface area contributed by atoms with Crippen molar-refractivity contribution in [1.82, 2.24) is 14.7 Å². The van der Waals surface area contributed by atoms with E-state index in [2.05, 4.69) is 23.7 Å². The van der Waals surface area contributed by atoms with Crippen LogP contribution in [0.3, 0.4) is 0 Å². The molecule has 7 heteroatoms. The highest BCUT2D eigenvalue weighted by Gasteiger charge is 2.44. The summed E-state index contributed by atoms with van der Waals surface area (Å²) in [7, 11) is 2.79. The number of nitrogens with zero attached hydrogens (tertiary/aromatic N) is 4. The van der Waals surface area contributed by atoms with E-state index in [-0.39, 0.29) is 0 Å². The van der Waals surface area contributed by atoms with Crippen molar-refractivity contribution in [3.63, 3.8) is 0 Å². The highest BCUT2D eigenvalue weighted by atomic mass is 16.2. The fourth-order valence-electron chi connectivity index (χ4n) is 2.47. The minimum absolute atomic E-state index is 0.489. The number of carbonyl (C=O) groups excluding carboxylic acids is 3. The molecule has 0 radical (unpaired) electrons. The molecule has 4 amide bonds. The number of hydrogen-bond donors (Lipinski definition) is 0. The van der Waals surface area contributed by atoms with Gasteiger partial charge in [0.1, 0.15) is 0 Å². The number of urea groups is 1. The topological polar surface area (TPSA) is 73.3 Å². The van der Waals surface area contributed by atoms with Gasteiger partial charge >= 0.3 is 6.03 Å². The lowest BCUT2D eigenvalue weighted by molar-refractivity contribution is -0.144. The second-order valence-electron chi connectivity index (χ2n) is 5.26. The molecule has 1 fully saturated rings. The molecule has 0 aromatic heterocycles. The number of hydrogen-bond acceptors (Lipinski definition) is 5. The number of barbiturate groups is 1. The van der Waals surface area contributed by atoms with E-state index in [1.165, 1.54) is 14.1 Å². The minimum atomic E-state index is -0.964. The molecule has 0 aliphatic carbocycles. The van der Waals surface area contributed by atoms with Crippen LogP contribution >= 0.6 is 0 Å². The SMILES string of the molecule is CCC(=NCCN(CC)CC)C1C(=O)N(C)C(=O)N(C)C1=O. The van der Waals surface area contributed by atoms with Crippen LogP contribution in [0.25, 0.3) is 0 Å². The van der Waals surface area contributed by atoms with E-state index in [1.54, 1.807) is 0 Å². The van der Waals surface area contributed by atoms with Crippen molar-refractivity contribution in [2.45, 2.75) is 27.2 Å². The Kier molecular flexibility index (Phi) is 6.67. The van der Waals surface area contributed by atoms with Crippen LogP contribution < -0.4 is 0 Å². The van der Waals surface area contributed by atoms with E-state index >= 15 is 0 Å². The van der Waals surface area contributed by atoms with E-state index in [9.17, 15) is 14.4 Å². The monoisotopic (exact) mass is 310 g/mol. The molecule has 0 N–H and O–H groups in total. The summed E-state index contributed by atoms with van der Waals surface area (Å²) < 4.78 is 0. The van der Waals surface area contributed by atoms with Gasteiger partial charge in [-0.25, -0.2) is 4.79 Å². The lowest BCUT2D eigenvalue weighted by Crippen LogP contribution is -2.58. The number of carbonyl (C=O) groups is 3. The Morgan fingerprint density at radius 3 is 1.95 bits per heavy atom. The van der Waals surface area contributed by atoms with Crippen LogP contribution in [0.4, 0.5) is 4.79 Å². The Hall–Kier alpha value is -1.76. The second-order valence-corrected chi connectivity index (χ2v) is 5.26. The summed E-state index contributed by atoms with van der Waals surface area (Å²) in [6, 6.07) is -0.593. The van der Waals surface area contributed by atoms with Crippen LogP contribution in [0.1, 0.15) is 27.2 Å². The van der Waals surface area contributed by atoms with Crippen molar-refractivity contribution in [2.75, 3.05) is 40.3 Å². The molecule has 1 saturated heterocycles. The average Bonchev–Trinajstić information content (AvgIpc) is 2.53. The van der Waals surface area contributed by atoms with Gasteiger partial charge in [0, 0.05) is 26.4 Å². The van der Waals surface area contributed by atoms with Crippen molar-refractivity contribution in [1.29, 1.82) is 0 Å². The van der Waals surface area contributed by atoms with Crippen LogP contribution in [0.2, 0.25) is 0 Å². The van der Waals surface area contributed by atoms with Gasteiger partial charge in [-0.05, 0) is 19.5 Å². The zero-order chi connectivity index (χ0) is 16.9. The molecule has 7 nitrogen and oxygen atoms in total. The molecule has 0 unspecified atom stereocenters. The van der Waals surface area contributed by atoms with E-state index in [1.807, 2.05) is 6.92 Å². The third kappa shape index (κ3) is 3.71. The van der Waals surface area contributed by atoms with Gasteiger partial charge < -0.3 is 4.90 Å². The Morgan fingerprint density at radius 1 is 1.05 bits per heavy atom. The van der Waals surface area contributed by atoms with Gasteiger partial charge in [-0.15, -0.1) is 0 Å². The maximum Gasteiger partial charge on any atom is 0.332 e. The molecule has 1 heterocycles. The first kappa shape index (κ1) is 18.3. The third-order valence-electron chi connectivity index (χ3n) is 4.05. The van der Waals surface area contributed by atoms with Gasteiger partial charge in [0.2, 0.25) is 11.8 Å². The number of amides is 4. The highest BCUT2D eigenvalue weighted by Crippen LogP contribution is 2.18. The molecule has 0 aromatic carbocycles. The van der Waals surface area contributed by atoms with E-state index in [0.717, 1.165) is 29.4 Å². The van der Waals surface area contributed by atoms with Crippen molar-refractivity contribution >= 4 is 23.6 Å². The van der Waals surface area contributed by atoms with Gasteiger partial charge in [0.05, 0.1) is 6.54 Å². The predicted molar refractivity (Wildman–Crippen MR) is 84.8 cm³/mol. The molecular formula is C15H26N4O3. The first-order valence-corrected chi connectivity index (χ1v) is 7.73. The van der Waals surface area contributed by atoms with Crippen molar-refractivity contribution < 1.29 is 14.4 Å². The molecule has 124 valence electrons. The van der Waals surface area contributed by atoms with E-state index in [4.69, 9.17) is 0 Å². The number of aliphatic imine (C=N–C) groups is 1. The second kappa shape index (κ2) is 8.03. The van der Waals surface area contributed by atoms with Gasteiger partial charge in [-0.1, -0.05) is 20.8 Å². The molecule has 0 bridgehead atoms. The Bertz CT molecular complexity index is 447. The van der Waals surface area contributed by atoms with E-state index < -0.39 is 23.8 Å². The number of likely N-dealkylation sites (N-methyl/N-ethyl adjacent to an activating group) is 1. The maximum atomic E-state index is 12.3. The first-order chi connectivity index (χ1) is 10.4.